The van der Waals surface area contributed by atoms with Crippen LogP contribution in [0.15, 0.2) is 47.4 Å². The Bertz CT molecular complexity index is 1350. The molecule has 2 aromatic rings. The van der Waals surface area contributed by atoms with E-state index in [9.17, 15) is 39.5 Å². The summed E-state index contributed by atoms with van der Waals surface area (Å²) in [6.07, 6.45) is -5.40. The van der Waals surface area contributed by atoms with Crippen LogP contribution in [0.5, 0.6) is 0 Å². The molecule has 1 heterocycles. The molecule has 4 rings (SSSR count). The normalized spacial score (nSPS) is 26.9. The van der Waals surface area contributed by atoms with Crippen LogP contribution in [0.1, 0.15) is 50.7 Å². The standard InChI is InChI=1S/C23H24F5NO5S2.CH4.H2S/c24-16-3-6-20(25)19(12-16)22(35(31,32)17-4-1-15(2-5-17)23(26,27)28)9-7-21-14(13-22)11-18(8-10-30)36(33,34)29-21;;/h1-6,12,14,18,21,29-30H,7-11,13H2;1H4;1H2/t14-,18+,21+,22-;;/m1../s1. The molecule has 6 nitrogen and oxygen atoms in total. The Labute approximate surface area is 226 Å². The summed E-state index contributed by atoms with van der Waals surface area (Å²) in [6, 6.07) is 4.55. The summed E-state index contributed by atoms with van der Waals surface area (Å²) in [6.45, 7) is -0.420. The van der Waals surface area contributed by atoms with Crippen molar-refractivity contribution in [3.05, 3.63) is 65.2 Å². The predicted octanol–water partition coefficient (Wildman–Crippen LogP) is 4.64. The number of aliphatic hydroxyl groups is 1. The minimum Gasteiger partial charge on any atom is -0.396 e. The molecule has 2 aliphatic rings. The van der Waals surface area contributed by atoms with Crippen LogP contribution in [0.25, 0.3) is 0 Å². The molecule has 2 aromatic carbocycles. The van der Waals surface area contributed by atoms with Crippen molar-refractivity contribution in [2.45, 2.75) is 66.6 Å². The lowest BCUT2D eigenvalue weighted by Crippen LogP contribution is -2.57. The van der Waals surface area contributed by atoms with E-state index in [2.05, 4.69) is 4.72 Å². The van der Waals surface area contributed by atoms with Gasteiger partial charge >= 0.3 is 6.18 Å². The lowest BCUT2D eigenvalue weighted by Gasteiger charge is -2.47. The largest absolute Gasteiger partial charge is 0.416 e. The second-order valence-corrected chi connectivity index (χ2v) is 13.5. The molecule has 2 fully saturated rings. The van der Waals surface area contributed by atoms with E-state index in [4.69, 9.17) is 0 Å². The number of benzene rings is 2. The first-order chi connectivity index (χ1) is 16.7. The molecule has 38 heavy (non-hydrogen) atoms. The van der Waals surface area contributed by atoms with Gasteiger partial charge in [-0.2, -0.15) is 26.7 Å². The van der Waals surface area contributed by atoms with Crippen molar-refractivity contribution in [2.75, 3.05) is 6.61 Å². The van der Waals surface area contributed by atoms with Crippen LogP contribution in [0.3, 0.4) is 0 Å². The molecule has 0 unspecified atom stereocenters. The Hall–Kier alpha value is -1.74. The van der Waals surface area contributed by atoms with Gasteiger partial charge in [0.2, 0.25) is 10.0 Å². The maximum absolute atomic E-state index is 15.1. The van der Waals surface area contributed by atoms with Gasteiger partial charge in [-0.05, 0) is 80.5 Å². The van der Waals surface area contributed by atoms with Gasteiger partial charge in [-0.25, -0.2) is 30.3 Å². The maximum atomic E-state index is 15.1. The van der Waals surface area contributed by atoms with Crippen molar-refractivity contribution < 1.29 is 43.9 Å². The summed E-state index contributed by atoms with van der Waals surface area (Å²) in [7, 11) is -8.37. The second kappa shape index (κ2) is 11.4. The topological polar surface area (TPSA) is 101 Å². The lowest BCUT2D eigenvalue weighted by molar-refractivity contribution is -0.137. The van der Waals surface area contributed by atoms with Crippen LogP contribution in [-0.4, -0.2) is 39.8 Å². The van der Waals surface area contributed by atoms with Gasteiger partial charge in [0, 0.05) is 18.2 Å². The second-order valence-electron chi connectivity index (χ2n) is 9.29. The quantitative estimate of drug-likeness (QED) is 0.485. The van der Waals surface area contributed by atoms with E-state index < -0.39 is 82.3 Å². The van der Waals surface area contributed by atoms with Crippen LogP contribution < -0.4 is 4.72 Å². The van der Waals surface area contributed by atoms with Crippen molar-refractivity contribution >= 4 is 33.4 Å². The summed E-state index contributed by atoms with van der Waals surface area (Å²) in [4.78, 5) is -0.485. The number of nitrogens with one attached hydrogen (secondary N) is 1. The van der Waals surface area contributed by atoms with E-state index in [1.807, 2.05) is 0 Å². The Kier molecular flexibility index (Phi) is 9.74. The summed E-state index contributed by atoms with van der Waals surface area (Å²) >= 11 is 0. The zero-order valence-corrected chi connectivity index (χ0v) is 21.9. The minimum atomic E-state index is -4.70. The van der Waals surface area contributed by atoms with Gasteiger partial charge < -0.3 is 5.11 Å². The molecular weight excluding hydrogens is 573 g/mol. The van der Waals surface area contributed by atoms with Crippen LogP contribution in [0.4, 0.5) is 22.0 Å². The lowest BCUT2D eigenvalue weighted by atomic mass is 9.72. The molecule has 214 valence electrons. The predicted molar refractivity (Wildman–Crippen MR) is 137 cm³/mol. The highest BCUT2D eigenvalue weighted by Gasteiger charge is 2.55. The summed E-state index contributed by atoms with van der Waals surface area (Å²) in [5.74, 6) is -2.49. The number of fused-ring (bicyclic) bond motifs is 1. The van der Waals surface area contributed by atoms with Crippen molar-refractivity contribution in [2.24, 2.45) is 5.92 Å². The van der Waals surface area contributed by atoms with E-state index in [0.29, 0.717) is 12.1 Å². The smallest absolute Gasteiger partial charge is 0.396 e. The molecule has 1 aliphatic carbocycles. The molecule has 4 atom stereocenters. The Morgan fingerprint density at radius 3 is 2.29 bits per heavy atom. The van der Waals surface area contributed by atoms with Gasteiger partial charge in [-0.15, -0.1) is 0 Å². The number of rotatable bonds is 5. The molecule has 0 radical (unpaired) electrons. The first-order valence-electron chi connectivity index (χ1n) is 11.2. The highest BCUT2D eigenvalue weighted by Crippen LogP contribution is 2.52. The minimum absolute atomic E-state index is 0. The van der Waals surface area contributed by atoms with Gasteiger partial charge in [0.15, 0.2) is 9.84 Å². The third kappa shape index (κ3) is 5.74. The number of halogens is 5. The van der Waals surface area contributed by atoms with Gasteiger partial charge in [0.05, 0.1) is 15.7 Å². The number of sulfonamides is 1. The third-order valence-corrected chi connectivity index (χ3v) is 11.7. The third-order valence-electron chi connectivity index (χ3n) is 7.22. The number of alkyl halides is 3. The Morgan fingerprint density at radius 1 is 1.08 bits per heavy atom. The number of aliphatic hydroxyl groups excluding tert-OH is 1. The fourth-order valence-electron chi connectivity index (χ4n) is 5.41. The van der Waals surface area contributed by atoms with Crippen molar-refractivity contribution in [1.29, 1.82) is 0 Å². The molecule has 1 saturated heterocycles. The molecule has 0 amide bonds. The highest BCUT2D eigenvalue weighted by molar-refractivity contribution is 7.92. The number of hydrogen-bond donors (Lipinski definition) is 2. The zero-order valence-electron chi connectivity index (χ0n) is 19.3. The fraction of sp³-hybridized carbons (Fsp3) is 0.500. The average molecular weight is 604 g/mol. The van der Waals surface area contributed by atoms with Gasteiger partial charge in [0.1, 0.15) is 16.4 Å². The molecule has 1 aliphatic heterocycles. The number of sulfone groups is 1. The Balaban J connectivity index is 0.00000253. The Morgan fingerprint density at radius 2 is 1.71 bits per heavy atom. The first kappa shape index (κ1) is 32.5. The van der Waals surface area contributed by atoms with Crippen molar-refractivity contribution in [1.82, 2.24) is 4.72 Å². The van der Waals surface area contributed by atoms with Crippen molar-refractivity contribution in [3.8, 4) is 0 Å². The van der Waals surface area contributed by atoms with Gasteiger partial charge in [0.25, 0.3) is 0 Å². The molecular formula is C24H30F5NO5S3. The summed E-state index contributed by atoms with van der Waals surface area (Å²) < 4.78 is 122. The number of hydrogen-bond acceptors (Lipinski definition) is 5. The first-order valence-corrected chi connectivity index (χ1v) is 14.2. The average Bonchev–Trinajstić information content (AvgIpc) is 2.80. The van der Waals surface area contributed by atoms with E-state index in [0.717, 1.165) is 30.3 Å². The van der Waals surface area contributed by atoms with Crippen molar-refractivity contribution in [3.63, 3.8) is 0 Å². The van der Waals surface area contributed by atoms with Crippen LogP contribution >= 0.6 is 13.5 Å². The molecule has 0 bridgehead atoms. The van der Waals surface area contributed by atoms with Crippen LogP contribution in [0.2, 0.25) is 0 Å². The summed E-state index contributed by atoms with van der Waals surface area (Å²) in [5.41, 5.74) is -1.52. The zero-order chi connectivity index (χ0) is 26.5. The molecule has 14 heteroatoms. The monoisotopic (exact) mass is 603 g/mol. The molecule has 2 N–H and O–H groups in total. The van der Waals surface area contributed by atoms with Gasteiger partial charge in [-0.1, -0.05) is 7.43 Å². The van der Waals surface area contributed by atoms with E-state index in [1.165, 1.54) is 0 Å². The highest BCUT2D eigenvalue weighted by atomic mass is 32.2. The SMILES string of the molecule is C.O=S1(=O)N[C@H]2CC[C@@](c3cc(F)ccc3F)(S(=O)(=O)c3ccc(C(F)(F)F)cc3)C[C@H]2C[C@@H]1CCO.S. The van der Waals surface area contributed by atoms with E-state index >= 15 is 4.39 Å². The maximum Gasteiger partial charge on any atom is 0.416 e. The van der Waals surface area contributed by atoms with E-state index in [-0.39, 0.29) is 53.0 Å². The summed E-state index contributed by atoms with van der Waals surface area (Å²) in [5, 5.41) is 8.28. The molecule has 0 aromatic heterocycles. The van der Waals surface area contributed by atoms with E-state index in [1.54, 1.807) is 0 Å². The fourth-order valence-corrected chi connectivity index (χ4v) is 9.46. The molecule has 1 saturated carbocycles. The van der Waals surface area contributed by atoms with Crippen LogP contribution in [0, 0.1) is 17.6 Å². The molecule has 0 spiro atoms. The van der Waals surface area contributed by atoms with Crippen LogP contribution in [-0.2, 0) is 30.8 Å². The van der Waals surface area contributed by atoms with Gasteiger partial charge in [-0.3, -0.25) is 0 Å².